The third-order valence-corrected chi connectivity index (χ3v) is 1.77. The predicted octanol–water partition coefficient (Wildman–Crippen LogP) is -0.719. The van der Waals surface area contributed by atoms with E-state index in [9.17, 15) is 4.79 Å². The molecule has 1 heterocycles. The van der Waals surface area contributed by atoms with E-state index in [0.717, 1.165) is 0 Å². The van der Waals surface area contributed by atoms with E-state index in [0.29, 0.717) is 11.6 Å². The molecule has 0 atom stereocenters. The van der Waals surface area contributed by atoms with Crippen molar-refractivity contribution in [3.63, 3.8) is 0 Å². The van der Waals surface area contributed by atoms with Gasteiger partial charge in [0.25, 0.3) is 0 Å². The highest BCUT2D eigenvalue weighted by Crippen LogP contribution is 2.10. The van der Waals surface area contributed by atoms with Crippen molar-refractivity contribution in [3.8, 4) is 0 Å². The van der Waals surface area contributed by atoms with E-state index < -0.39 is 0 Å². The summed E-state index contributed by atoms with van der Waals surface area (Å²) in [6.45, 7) is 3.88. The fourth-order valence-corrected chi connectivity index (χ4v) is 1.17. The average Bonchev–Trinajstić information content (AvgIpc) is 2.24. The molecule has 17 heavy (non-hydrogen) atoms. The number of nitrogens with two attached hydrogens (primary N) is 2. The minimum Gasteiger partial charge on any atom is -0.368 e. The van der Waals surface area contributed by atoms with Crippen LogP contribution >= 0.6 is 0 Å². The van der Waals surface area contributed by atoms with Crippen LogP contribution in [0.1, 0.15) is 13.8 Å². The number of aromatic nitrogens is 2. The zero-order valence-corrected chi connectivity index (χ0v) is 9.82. The fourth-order valence-electron chi connectivity index (χ4n) is 1.17. The number of hydrazine groups is 1. The Kier molecular flexibility index (Phi) is 4.46. The third kappa shape index (κ3) is 4.51. The molecule has 8 heteroatoms. The molecule has 0 radical (unpaired) electrons. The second-order valence-electron chi connectivity index (χ2n) is 3.72. The van der Waals surface area contributed by atoms with Crippen LogP contribution in [0.15, 0.2) is 6.07 Å². The molecule has 0 fully saturated rings. The Hall–Kier alpha value is -2.09. The van der Waals surface area contributed by atoms with Crippen LogP contribution in [0.2, 0.25) is 0 Å². The topological polar surface area (TPSA) is 131 Å². The lowest BCUT2D eigenvalue weighted by Gasteiger charge is -2.10. The van der Waals surface area contributed by atoms with Crippen LogP contribution in [-0.2, 0) is 4.79 Å². The Bertz CT molecular complexity index is 393. The number of nitrogen functional groups attached to an aromatic ring is 2. The number of amides is 1. The van der Waals surface area contributed by atoms with Gasteiger partial charge in [0.15, 0.2) is 0 Å². The molecule has 8 nitrogen and oxygen atoms in total. The molecule has 1 aromatic rings. The molecule has 0 spiro atoms. The molecule has 0 saturated heterocycles. The maximum Gasteiger partial charge on any atom is 0.239 e. The van der Waals surface area contributed by atoms with Crippen LogP contribution in [0, 0.1) is 0 Å². The first-order valence-corrected chi connectivity index (χ1v) is 5.15. The standard InChI is InChI=1S/C9H17N7O/c1-5(2)13-8(17)4-12-6-3-7(16-11)15-9(10)14-6/h3,5H,4,11H2,1-2H3,(H,13,17)(H4,10,12,14,15,16). The maximum absolute atomic E-state index is 11.4. The monoisotopic (exact) mass is 239 g/mol. The summed E-state index contributed by atoms with van der Waals surface area (Å²) in [6.07, 6.45) is 0. The Morgan fingerprint density at radius 3 is 2.65 bits per heavy atom. The van der Waals surface area contributed by atoms with Crippen molar-refractivity contribution in [2.24, 2.45) is 5.84 Å². The highest BCUT2D eigenvalue weighted by atomic mass is 16.1. The largest absolute Gasteiger partial charge is 0.368 e. The molecule has 0 saturated carbocycles. The molecule has 0 aliphatic heterocycles. The summed E-state index contributed by atoms with van der Waals surface area (Å²) in [4.78, 5) is 19.1. The average molecular weight is 239 g/mol. The van der Waals surface area contributed by atoms with Crippen molar-refractivity contribution >= 4 is 23.5 Å². The van der Waals surface area contributed by atoms with E-state index in [2.05, 4.69) is 26.0 Å². The van der Waals surface area contributed by atoms with E-state index in [1.165, 1.54) is 0 Å². The molecule has 0 bridgehead atoms. The van der Waals surface area contributed by atoms with Crippen molar-refractivity contribution in [3.05, 3.63) is 6.07 Å². The number of rotatable bonds is 5. The zero-order chi connectivity index (χ0) is 12.8. The summed E-state index contributed by atoms with van der Waals surface area (Å²) in [7, 11) is 0. The van der Waals surface area contributed by atoms with Gasteiger partial charge in [-0.05, 0) is 13.8 Å². The zero-order valence-electron chi connectivity index (χ0n) is 9.82. The third-order valence-electron chi connectivity index (χ3n) is 1.77. The van der Waals surface area contributed by atoms with Crippen molar-refractivity contribution in [2.75, 3.05) is 23.0 Å². The number of hydrogen-bond donors (Lipinski definition) is 5. The second-order valence-corrected chi connectivity index (χ2v) is 3.72. The number of anilines is 3. The number of hydrogen-bond acceptors (Lipinski definition) is 7. The van der Waals surface area contributed by atoms with E-state index in [1.807, 2.05) is 13.8 Å². The summed E-state index contributed by atoms with van der Waals surface area (Å²) in [5.74, 6) is 5.97. The summed E-state index contributed by atoms with van der Waals surface area (Å²) in [5.41, 5.74) is 7.82. The highest BCUT2D eigenvalue weighted by molar-refractivity contribution is 5.80. The highest BCUT2D eigenvalue weighted by Gasteiger charge is 2.05. The molecule has 0 aliphatic carbocycles. The number of carbonyl (C=O) groups excluding carboxylic acids is 1. The lowest BCUT2D eigenvalue weighted by Crippen LogP contribution is -2.35. The van der Waals surface area contributed by atoms with Gasteiger partial charge in [0.05, 0.1) is 6.54 Å². The van der Waals surface area contributed by atoms with Crippen molar-refractivity contribution in [1.29, 1.82) is 0 Å². The summed E-state index contributed by atoms with van der Waals surface area (Å²) >= 11 is 0. The van der Waals surface area contributed by atoms with Gasteiger partial charge in [0.2, 0.25) is 11.9 Å². The van der Waals surface area contributed by atoms with Gasteiger partial charge in [-0.3, -0.25) is 4.79 Å². The maximum atomic E-state index is 11.4. The second kappa shape index (κ2) is 5.85. The molecule has 0 unspecified atom stereocenters. The minimum absolute atomic E-state index is 0.0761. The first kappa shape index (κ1) is 13.0. The first-order valence-electron chi connectivity index (χ1n) is 5.15. The summed E-state index contributed by atoms with van der Waals surface area (Å²) in [5, 5.41) is 5.57. The molecule has 1 aromatic heterocycles. The van der Waals surface area contributed by atoms with Crippen LogP contribution in [0.4, 0.5) is 17.6 Å². The predicted molar refractivity (Wildman–Crippen MR) is 66.0 cm³/mol. The molecule has 94 valence electrons. The molecule has 7 N–H and O–H groups in total. The number of nitrogens with one attached hydrogen (secondary N) is 3. The quantitative estimate of drug-likeness (QED) is 0.338. The molecule has 0 aliphatic rings. The Morgan fingerprint density at radius 2 is 2.06 bits per heavy atom. The first-order chi connectivity index (χ1) is 8.01. The SMILES string of the molecule is CC(C)NC(=O)CNc1cc(NN)nc(N)n1. The van der Waals surface area contributed by atoms with Crippen LogP contribution in [-0.4, -0.2) is 28.5 Å². The van der Waals surface area contributed by atoms with Gasteiger partial charge in [0, 0.05) is 12.1 Å². The van der Waals surface area contributed by atoms with Crippen molar-refractivity contribution in [2.45, 2.75) is 19.9 Å². The number of carbonyl (C=O) groups is 1. The van der Waals surface area contributed by atoms with Gasteiger partial charge >= 0.3 is 0 Å². The van der Waals surface area contributed by atoms with Crippen LogP contribution < -0.4 is 27.6 Å². The van der Waals surface area contributed by atoms with Gasteiger partial charge in [-0.2, -0.15) is 9.97 Å². The van der Waals surface area contributed by atoms with Crippen LogP contribution in [0.25, 0.3) is 0 Å². The van der Waals surface area contributed by atoms with E-state index in [1.54, 1.807) is 6.07 Å². The van der Waals surface area contributed by atoms with E-state index in [4.69, 9.17) is 11.6 Å². The van der Waals surface area contributed by atoms with Gasteiger partial charge < -0.3 is 21.8 Å². The van der Waals surface area contributed by atoms with Gasteiger partial charge in [0.1, 0.15) is 11.6 Å². The minimum atomic E-state index is -0.126. The Labute approximate surface area is 99.2 Å². The van der Waals surface area contributed by atoms with Gasteiger partial charge in [-0.15, -0.1) is 0 Å². The van der Waals surface area contributed by atoms with E-state index in [-0.39, 0.29) is 24.4 Å². The van der Waals surface area contributed by atoms with Gasteiger partial charge in [-0.1, -0.05) is 0 Å². The summed E-state index contributed by atoms with van der Waals surface area (Å²) < 4.78 is 0. The molecular weight excluding hydrogens is 222 g/mol. The van der Waals surface area contributed by atoms with Crippen LogP contribution in [0.5, 0.6) is 0 Å². The molecule has 0 aromatic carbocycles. The van der Waals surface area contributed by atoms with E-state index >= 15 is 0 Å². The molecule has 1 rings (SSSR count). The van der Waals surface area contributed by atoms with Crippen LogP contribution in [0.3, 0.4) is 0 Å². The summed E-state index contributed by atoms with van der Waals surface area (Å²) in [6, 6.07) is 1.65. The molecular formula is C9H17N7O. The lowest BCUT2D eigenvalue weighted by molar-refractivity contribution is -0.119. The smallest absolute Gasteiger partial charge is 0.239 e. The lowest BCUT2D eigenvalue weighted by atomic mass is 10.4. The van der Waals surface area contributed by atoms with Crippen molar-refractivity contribution in [1.82, 2.24) is 15.3 Å². The molecule has 1 amide bonds. The normalized spacial score (nSPS) is 10.1. The Morgan fingerprint density at radius 1 is 1.41 bits per heavy atom. The van der Waals surface area contributed by atoms with Gasteiger partial charge in [-0.25, -0.2) is 5.84 Å². The Balaban J connectivity index is 2.57. The van der Waals surface area contributed by atoms with Crippen molar-refractivity contribution < 1.29 is 4.79 Å². The fraction of sp³-hybridized carbons (Fsp3) is 0.444. The number of nitrogens with zero attached hydrogens (tertiary/aromatic N) is 2.